The Morgan fingerprint density at radius 3 is 2.70 bits per heavy atom. The van der Waals surface area contributed by atoms with Gasteiger partial charge in [0.15, 0.2) is 0 Å². The molecule has 0 saturated carbocycles. The predicted octanol–water partition coefficient (Wildman–Crippen LogP) is 3.05. The standard InChI is InChI=1S/C17H20N2O4/c1-10(17-11(2)19-23-12(17)3)7-15(20)18-14-6-4-5-13(8-14)9-16(21)22/h4-6,8,10H,7,9H2,1-3H3,(H,18,20)(H,21,22). The Morgan fingerprint density at radius 2 is 2.09 bits per heavy atom. The lowest BCUT2D eigenvalue weighted by Gasteiger charge is -2.12. The summed E-state index contributed by atoms with van der Waals surface area (Å²) in [5.41, 5.74) is 3.00. The largest absolute Gasteiger partial charge is 0.481 e. The summed E-state index contributed by atoms with van der Waals surface area (Å²) < 4.78 is 5.13. The van der Waals surface area contributed by atoms with Crippen LogP contribution >= 0.6 is 0 Å². The van der Waals surface area contributed by atoms with Gasteiger partial charge in [0, 0.05) is 17.7 Å². The Bertz CT molecular complexity index is 702. The molecule has 6 heteroatoms. The molecular weight excluding hydrogens is 296 g/mol. The third kappa shape index (κ3) is 4.42. The average Bonchev–Trinajstić information content (AvgIpc) is 2.77. The molecule has 0 fully saturated rings. The molecule has 0 aliphatic heterocycles. The number of anilines is 1. The van der Waals surface area contributed by atoms with Gasteiger partial charge >= 0.3 is 5.97 Å². The molecule has 1 heterocycles. The van der Waals surface area contributed by atoms with E-state index in [1.165, 1.54) is 0 Å². The maximum absolute atomic E-state index is 12.2. The van der Waals surface area contributed by atoms with Gasteiger partial charge in [-0.25, -0.2) is 0 Å². The number of carboxylic acids is 1. The lowest BCUT2D eigenvalue weighted by Crippen LogP contribution is -2.15. The molecule has 6 nitrogen and oxygen atoms in total. The predicted molar refractivity (Wildman–Crippen MR) is 85.4 cm³/mol. The van der Waals surface area contributed by atoms with Gasteiger partial charge in [-0.05, 0) is 37.5 Å². The van der Waals surface area contributed by atoms with Gasteiger partial charge in [0.2, 0.25) is 5.91 Å². The van der Waals surface area contributed by atoms with Crippen molar-refractivity contribution in [3.63, 3.8) is 0 Å². The molecule has 0 spiro atoms. The number of hydrogen-bond acceptors (Lipinski definition) is 4. The van der Waals surface area contributed by atoms with Crippen LogP contribution in [0.25, 0.3) is 0 Å². The molecule has 23 heavy (non-hydrogen) atoms. The third-order valence-corrected chi connectivity index (χ3v) is 3.64. The number of benzene rings is 1. The number of amides is 1. The quantitative estimate of drug-likeness (QED) is 0.854. The van der Waals surface area contributed by atoms with Crippen molar-refractivity contribution < 1.29 is 19.2 Å². The molecule has 1 unspecified atom stereocenters. The summed E-state index contributed by atoms with van der Waals surface area (Å²) in [5, 5.41) is 15.5. The lowest BCUT2D eigenvalue weighted by molar-refractivity contribution is -0.136. The van der Waals surface area contributed by atoms with Crippen LogP contribution < -0.4 is 5.32 Å². The Balaban J connectivity index is 2.01. The van der Waals surface area contributed by atoms with Crippen molar-refractivity contribution in [1.29, 1.82) is 0 Å². The first kappa shape index (κ1) is 16.7. The number of carboxylic acid groups (broad SMARTS) is 1. The van der Waals surface area contributed by atoms with Crippen LogP contribution in [0.5, 0.6) is 0 Å². The molecule has 2 aromatic rings. The number of aliphatic carboxylic acids is 1. The van der Waals surface area contributed by atoms with Crippen molar-refractivity contribution >= 4 is 17.6 Å². The maximum Gasteiger partial charge on any atom is 0.307 e. The molecule has 2 N–H and O–H groups in total. The van der Waals surface area contributed by atoms with Gasteiger partial charge in [-0.2, -0.15) is 0 Å². The van der Waals surface area contributed by atoms with Crippen LogP contribution in [-0.4, -0.2) is 22.1 Å². The zero-order chi connectivity index (χ0) is 17.0. The van der Waals surface area contributed by atoms with Gasteiger partial charge in [0.1, 0.15) is 5.76 Å². The van der Waals surface area contributed by atoms with E-state index in [9.17, 15) is 9.59 Å². The first-order valence-electron chi connectivity index (χ1n) is 7.40. The van der Waals surface area contributed by atoms with Crippen LogP contribution in [0.2, 0.25) is 0 Å². The molecule has 1 aromatic carbocycles. The second-order valence-corrected chi connectivity index (χ2v) is 5.66. The summed E-state index contributed by atoms with van der Waals surface area (Å²) in [6.07, 6.45) is 0.227. The molecule has 0 aliphatic carbocycles. The second-order valence-electron chi connectivity index (χ2n) is 5.66. The molecule has 2 rings (SSSR count). The summed E-state index contributed by atoms with van der Waals surface area (Å²) >= 11 is 0. The number of nitrogens with zero attached hydrogens (tertiary/aromatic N) is 1. The van der Waals surface area contributed by atoms with E-state index in [0.717, 1.165) is 17.0 Å². The highest BCUT2D eigenvalue weighted by atomic mass is 16.5. The Kier molecular flexibility index (Phi) is 5.16. The van der Waals surface area contributed by atoms with E-state index in [1.807, 2.05) is 20.8 Å². The molecule has 0 aliphatic rings. The van der Waals surface area contributed by atoms with E-state index in [1.54, 1.807) is 24.3 Å². The molecular formula is C17H20N2O4. The molecule has 0 saturated heterocycles. The summed E-state index contributed by atoms with van der Waals surface area (Å²) in [5.74, 6) is -0.319. The number of nitrogens with one attached hydrogen (secondary N) is 1. The normalized spacial score (nSPS) is 12.0. The van der Waals surface area contributed by atoms with E-state index in [2.05, 4.69) is 10.5 Å². The minimum atomic E-state index is -0.902. The van der Waals surface area contributed by atoms with Crippen molar-refractivity contribution in [2.75, 3.05) is 5.32 Å². The van der Waals surface area contributed by atoms with Crippen LogP contribution in [0.3, 0.4) is 0 Å². The first-order valence-corrected chi connectivity index (χ1v) is 7.40. The number of rotatable bonds is 6. The monoisotopic (exact) mass is 316 g/mol. The Hall–Kier alpha value is -2.63. The number of aromatic nitrogens is 1. The third-order valence-electron chi connectivity index (χ3n) is 3.64. The molecule has 122 valence electrons. The summed E-state index contributed by atoms with van der Waals surface area (Å²) in [7, 11) is 0. The van der Waals surface area contributed by atoms with Gasteiger partial charge < -0.3 is 14.9 Å². The van der Waals surface area contributed by atoms with Crippen LogP contribution in [0.1, 0.15) is 41.8 Å². The van der Waals surface area contributed by atoms with Crippen LogP contribution in [0, 0.1) is 13.8 Å². The first-order chi connectivity index (χ1) is 10.9. The number of carbonyl (C=O) groups is 2. The molecule has 1 amide bonds. The van der Waals surface area contributed by atoms with Gasteiger partial charge in [-0.1, -0.05) is 24.2 Å². The fraction of sp³-hybridized carbons (Fsp3) is 0.353. The molecule has 0 radical (unpaired) electrons. The molecule has 1 atom stereocenters. The summed E-state index contributed by atoms with van der Waals surface area (Å²) in [6.45, 7) is 5.64. The Morgan fingerprint density at radius 1 is 1.35 bits per heavy atom. The lowest BCUT2D eigenvalue weighted by atomic mass is 9.96. The number of aryl methyl sites for hydroxylation is 2. The highest BCUT2D eigenvalue weighted by molar-refractivity contribution is 5.91. The number of carbonyl (C=O) groups excluding carboxylic acids is 1. The van der Waals surface area contributed by atoms with E-state index in [-0.39, 0.29) is 18.2 Å². The van der Waals surface area contributed by atoms with Gasteiger partial charge in [-0.3, -0.25) is 9.59 Å². The minimum absolute atomic E-state index is 0.0107. The number of hydrogen-bond donors (Lipinski definition) is 2. The molecule has 1 aromatic heterocycles. The van der Waals surface area contributed by atoms with Crippen molar-refractivity contribution in [3.05, 3.63) is 46.8 Å². The topological polar surface area (TPSA) is 92.4 Å². The van der Waals surface area contributed by atoms with Gasteiger partial charge in [-0.15, -0.1) is 0 Å². The van der Waals surface area contributed by atoms with Gasteiger partial charge in [0.05, 0.1) is 12.1 Å². The summed E-state index contributed by atoms with van der Waals surface area (Å²) in [6, 6.07) is 6.86. The highest BCUT2D eigenvalue weighted by Gasteiger charge is 2.19. The van der Waals surface area contributed by atoms with E-state index in [4.69, 9.17) is 9.63 Å². The van der Waals surface area contributed by atoms with Crippen molar-refractivity contribution in [1.82, 2.24) is 5.16 Å². The van der Waals surface area contributed by atoms with E-state index >= 15 is 0 Å². The fourth-order valence-corrected chi connectivity index (χ4v) is 2.72. The van der Waals surface area contributed by atoms with Crippen LogP contribution in [-0.2, 0) is 16.0 Å². The highest BCUT2D eigenvalue weighted by Crippen LogP contribution is 2.26. The fourth-order valence-electron chi connectivity index (χ4n) is 2.72. The SMILES string of the molecule is Cc1noc(C)c1C(C)CC(=O)Nc1cccc(CC(=O)O)c1. The van der Waals surface area contributed by atoms with Crippen LogP contribution in [0.15, 0.2) is 28.8 Å². The average molecular weight is 316 g/mol. The Labute approximate surface area is 134 Å². The van der Waals surface area contributed by atoms with Gasteiger partial charge in [0.25, 0.3) is 0 Å². The zero-order valence-corrected chi connectivity index (χ0v) is 13.4. The van der Waals surface area contributed by atoms with E-state index in [0.29, 0.717) is 17.7 Å². The maximum atomic E-state index is 12.2. The van der Waals surface area contributed by atoms with Crippen LogP contribution in [0.4, 0.5) is 5.69 Å². The summed E-state index contributed by atoms with van der Waals surface area (Å²) in [4.78, 5) is 22.9. The second kappa shape index (κ2) is 7.09. The van der Waals surface area contributed by atoms with E-state index < -0.39 is 5.97 Å². The van der Waals surface area contributed by atoms with Crippen molar-refractivity contribution in [2.24, 2.45) is 0 Å². The molecule has 0 bridgehead atoms. The van der Waals surface area contributed by atoms with Crippen molar-refractivity contribution in [3.8, 4) is 0 Å². The minimum Gasteiger partial charge on any atom is -0.481 e. The zero-order valence-electron chi connectivity index (χ0n) is 13.4. The smallest absolute Gasteiger partial charge is 0.307 e. The van der Waals surface area contributed by atoms with Crippen molar-refractivity contribution in [2.45, 2.75) is 39.5 Å².